The molecular weight excluding hydrogens is 176 g/mol. The average molecular weight is 186 g/mol. The van der Waals surface area contributed by atoms with Crippen LogP contribution in [0.4, 0.5) is 0 Å². The number of hydrogen-bond acceptors (Lipinski definition) is 1. The minimum absolute atomic E-state index is 0.795. The molecule has 0 aliphatic rings. The molecule has 0 spiro atoms. The molecule has 0 aromatic carbocycles. The molecule has 0 aromatic rings. The van der Waals surface area contributed by atoms with Gasteiger partial charge in [-0.05, 0) is 14.8 Å². The first-order chi connectivity index (χ1) is 3.91. The maximum atomic E-state index is 6.68. The van der Waals surface area contributed by atoms with Gasteiger partial charge in [-0.25, -0.2) is 0 Å². The summed E-state index contributed by atoms with van der Waals surface area (Å²) in [6, 6.07) is 0. The van der Waals surface area contributed by atoms with Crippen molar-refractivity contribution in [2.24, 2.45) is 0 Å². The third kappa shape index (κ3) is 15.7. The number of halogens is 1. The van der Waals surface area contributed by atoms with Crippen molar-refractivity contribution >= 4 is 17.7 Å². The Labute approximate surface area is 68.2 Å². The van der Waals surface area contributed by atoms with E-state index in [0.29, 0.717) is 0 Å². The molecular formula is C4H10ClNPTi. The molecule has 0 rings (SSSR count). The standard InChI is InChI=1S/C4H10NP.ClH.Ti/c1-2-3-4-6-5;;/h5H,2-4H2,1H3;1H;/q;;+1/p-1. The first-order valence-corrected chi connectivity index (χ1v) is 5.66. The Morgan fingerprint density at radius 2 is 2.12 bits per heavy atom. The fourth-order valence-electron chi connectivity index (χ4n) is 0.237. The maximum absolute atomic E-state index is 6.68. The first kappa shape index (κ1) is 11.8. The summed E-state index contributed by atoms with van der Waals surface area (Å²) in [5.41, 5.74) is 0. The Balaban J connectivity index is 0. The SMILES string of the molecule is CCCCP=N.[Cl][Ti]. The van der Waals surface area contributed by atoms with E-state index >= 15 is 0 Å². The van der Waals surface area contributed by atoms with Crippen LogP contribution in [0, 0.1) is 5.16 Å². The van der Waals surface area contributed by atoms with E-state index in [0.717, 1.165) is 14.5 Å². The van der Waals surface area contributed by atoms with Crippen LogP contribution in [0.15, 0.2) is 0 Å². The zero-order chi connectivity index (χ0) is 6.83. The van der Waals surface area contributed by atoms with E-state index in [1.807, 2.05) is 0 Å². The molecule has 0 aliphatic heterocycles. The Kier molecular flexibility index (Phi) is 23.3. The van der Waals surface area contributed by atoms with E-state index < -0.39 is 0 Å². The van der Waals surface area contributed by atoms with Crippen LogP contribution in [0.3, 0.4) is 0 Å². The Morgan fingerprint density at radius 1 is 1.62 bits per heavy atom. The predicted molar refractivity (Wildman–Crippen MR) is 35.3 cm³/mol. The van der Waals surface area contributed by atoms with Crippen molar-refractivity contribution < 1.29 is 19.4 Å². The van der Waals surface area contributed by atoms with Crippen molar-refractivity contribution in [1.82, 2.24) is 0 Å². The van der Waals surface area contributed by atoms with E-state index in [1.165, 1.54) is 32.2 Å². The van der Waals surface area contributed by atoms with Gasteiger partial charge in [0, 0.05) is 6.16 Å². The third-order valence-corrected chi connectivity index (χ3v) is 1.16. The Hall–Kier alpha value is 1.10. The van der Waals surface area contributed by atoms with E-state index in [9.17, 15) is 0 Å². The molecule has 47 valence electrons. The molecule has 1 nitrogen and oxygen atoms in total. The molecule has 0 radical (unpaired) electrons. The minimum atomic E-state index is 0.795. The summed E-state index contributed by atoms with van der Waals surface area (Å²) >= 11 is 1.47. The van der Waals surface area contributed by atoms with E-state index in [1.54, 1.807) is 0 Å². The van der Waals surface area contributed by atoms with Gasteiger partial charge in [-0.1, -0.05) is 13.3 Å². The van der Waals surface area contributed by atoms with Crippen molar-refractivity contribution in [3.05, 3.63) is 0 Å². The Morgan fingerprint density at radius 3 is 2.25 bits per heavy atom. The summed E-state index contributed by atoms with van der Waals surface area (Å²) in [6.07, 6.45) is 3.49. The van der Waals surface area contributed by atoms with Gasteiger partial charge in [-0.2, -0.15) is 0 Å². The molecule has 0 saturated heterocycles. The molecule has 0 fully saturated rings. The molecule has 0 heterocycles. The normalized spacial score (nSPS) is 7.62. The van der Waals surface area contributed by atoms with Gasteiger partial charge in [0.2, 0.25) is 0 Å². The zero-order valence-electron chi connectivity index (χ0n) is 4.95. The van der Waals surface area contributed by atoms with Crippen molar-refractivity contribution in [1.29, 1.82) is 5.16 Å². The van der Waals surface area contributed by atoms with Gasteiger partial charge in [0.1, 0.15) is 0 Å². The van der Waals surface area contributed by atoms with E-state index in [4.69, 9.17) is 5.16 Å². The summed E-state index contributed by atoms with van der Waals surface area (Å²) in [7, 11) is 5.43. The molecule has 0 saturated carbocycles. The molecule has 0 amide bonds. The van der Waals surface area contributed by atoms with Crippen LogP contribution in [0.1, 0.15) is 19.8 Å². The summed E-state index contributed by atoms with van der Waals surface area (Å²) < 4.78 is 0. The van der Waals surface area contributed by atoms with Gasteiger partial charge in [-0.3, -0.25) is 5.16 Å². The molecule has 8 heavy (non-hydrogen) atoms. The van der Waals surface area contributed by atoms with Crippen molar-refractivity contribution in [2.75, 3.05) is 6.16 Å². The molecule has 4 heteroatoms. The molecule has 0 aliphatic carbocycles. The van der Waals surface area contributed by atoms with Gasteiger partial charge in [-0.15, -0.1) is 0 Å². The summed E-state index contributed by atoms with van der Waals surface area (Å²) in [6.45, 7) is 2.14. The van der Waals surface area contributed by atoms with Gasteiger partial charge >= 0.3 is 28.7 Å². The second-order valence-corrected chi connectivity index (χ2v) is 2.00. The molecule has 0 aromatic heterocycles. The molecule has 0 bridgehead atoms. The third-order valence-electron chi connectivity index (χ3n) is 0.623. The van der Waals surface area contributed by atoms with Crippen LogP contribution in [-0.2, 0) is 19.4 Å². The van der Waals surface area contributed by atoms with Crippen LogP contribution < -0.4 is 0 Å². The van der Waals surface area contributed by atoms with Crippen molar-refractivity contribution in [3.63, 3.8) is 0 Å². The van der Waals surface area contributed by atoms with Gasteiger partial charge < -0.3 is 0 Å². The van der Waals surface area contributed by atoms with Crippen molar-refractivity contribution in [3.8, 4) is 0 Å². The second-order valence-electron chi connectivity index (χ2n) is 1.24. The van der Waals surface area contributed by atoms with Crippen molar-refractivity contribution in [2.45, 2.75) is 19.8 Å². The fraction of sp³-hybridized carbons (Fsp3) is 1.00. The number of nitrogens with one attached hydrogen (secondary N) is 1. The average Bonchev–Trinajstić information content (AvgIpc) is 1.88. The summed E-state index contributed by atoms with van der Waals surface area (Å²) in [4.78, 5) is 0. The first-order valence-electron chi connectivity index (χ1n) is 2.44. The van der Waals surface area contributed by atoms with Crippen LogP contribution in [-0.4, -0.2) is 6.16 Å². The van der Waals surface area contributed by atoms with Crippen LogP contribution >= 0.6 is 17.7 Å². The monoisotopic (exact) mass is 186 g/mol. The quantitative estimate of drug-likeness (QED) is 0.398. The van der Waals surface area contributed by atoms with Gasteiger partial charge in [0.15, 0.2) is 0 Å². The topological polar surface area (TPSA) is 23.9 Å². The predicted octanol–water partition coefficient (Wildman–Crippen LogP) is 3.18. The summed E-state index contributed by atoms with van der Waals surface area (Å²) in [5.74, 6) is 0. The number of rotatable bonds is 3. The van der Waals surface area contributed by atoms with E-state index in [-0.39, 0.29) is 0 Å². The zero-order valence-corrected chi connectivity index (χ0v) is 8.16. The van der Waals surface area contributed by atoms with Crippen LogP contribution in [0.5, 0.6) is 0 Å². The number of hydrogen-bond donors (Lipinski definition) is 1. The van der Waals surface area contributed by atoms with Gasteiger partial charge in [0.05, 0.1) is 0 Å². The van der Waals surface area contributed by atoms with Gasteiger partial charge in [0.25, 0.3) is 0 Å². The molecule has 0 atom stereocenters. The molecule has 1 N–H and O–H groups in total. The molecule has 0 unspecified atom stereocenters. The van der Waals surface area contributed by atoms with E-state index in [2.05, 4.69) is 16.2 Å². The second kappa shape index (κ2) is 15.7. The van der Waals surface area contributed by atoms with Crippen LogP contribution in [0.2, 0.25) is 0 Å². The Bertz CT molecular complexity index is 45.0. The summed E-state index contributed by atoms with van der Waals surface area (Å²) in [5, 5.41) is 6.68. The fourth-order valence-corrected chi connectivity index (χ4v) is 0.712. The van der Waals surface area contributed by atoms with Crippen LogP contribution in [0.25, 0.3) is 0 Å². The number of unbranched alkanes of at least 4 members (excludes halogenated alkanes) is 1.